The van der Waals surface area contributed by atoms with Crippen molar-refractivity contribution in [2.24, 2.45) is 11.7 Å². The van der Waals surface area contributed by atoms with Crippen molar-refractivity contribution in [3.63, 3.8) is 0 Å². The van der Waals surface area contributed by atoms with Gasteiger partial charge in [0.05, 0.1) is 0 Å². The van der Waals surface area contributed by atoms with Crippen molar-refractivity contribution in [2.75, 3.05) is 19.6 Å². The number of carbonyl (C=O) groups is 1. The maximum atomic E-state index is 10.7. The molecule has 0 aliphatic carbocycles. The molecule has 0 aromatic carbocycles. The topological polar surface area (TPSA) is 66.6 Å². The summed E-state index contributed by atoms with van der Waals surface area (Å²) < 4.78 is 0. The van der Waals surface area contributed by atoms with Crippen LogP contribution in [0.4, 0.5) is 0 Å². The van der Waals surface area contributed by atoms with Crippen LogP contribution >= 0.6 is 0 Å². The van der Waals surface area contributed by atoms with Crippen LogP contribution in [0.2, 0.25) is 0 Å². The van der Waals surface area contributed by atoms with Crippen LogP contribution in [0.3, 0.4) is 0 Å². The molecule has 4 heteroatoms. The lowest BCUT2D eigenvalue weighted by Gasteiger charge is -2.34. The Bertz CT molecular complexity index is 195. The molecule has 2 unspecified atom stereocenters. The van der Waals surface area contributed by atoms with Gasteiger partial charge in [0, 0.05) is 6.54 Å². The maximum Gasteiger partial charge on any atom is 0.320 e. The van der Waals surface area contributed by atoms with Crippen LogP contribution in [-0.4, -0.2) is 41.7 Å². The standard InChI is InChI=1S/C10H20N2O2/c1-2-5-12-6-3-4-8(7-12)9(11)10(13)14/h8-9H,2-7,11H2,1H3,(H,13,14). The van der Waals surface area contributed by atoms with Gasteiger partial charge < -0.3 is 15.7 Å². The lowest BCUT2D eigenvalue weighted by molar-refractivity contribution is -0.140. The zero-order valence-electron chi connectivity index (χ0n) is 8.78. The van der Waals surface area contributed by atoms with Crippen LogP contribution in [0.25, 0.3) is 0 Å². The van der Waals surface area contributed by atoms with E-state index < -0.39 is 12.0 Å². The SMILES string of the molecule is CCCN1CCCC(C(N)C(=O)O)C1. The van der Waals surface area contributed by atoms with Gasteiger partial charge in [0.25, 0.3) is 0 Å². The molecule has 0 spiro atoms. The van der Waals surface area contributed by atoms with Crippen molar-refractivity contribution >= 4 is 5.97 Å². The van der Waals surface area contributed by atoms with Crippen LogP contribution in [0.5, 0.6) is 0 Å². The third kappa shape index (κ3) is 2.96. The Morgan fingerprint density at radius 3 is 3.00 bits per heavy atom. The van der Waals surface area contributed by atoms with Crippen molar-refractivity contribution in [3.05, 3.63) is 0 Å². The molecule has 1 saturated heterocycles. The van der Waals surface area contributed by atoms with E-state index >= 15 is 0 Å². The number of nitrogens with two attached hydrogens (primary N) is 1. The summed E-state index contributed by atoms with van der Waals surface area (Å²) in [5.74, 6) is -0.735. The fourth-order valence-electron chi connectivity index (χ4n) is 2.11. The predicted octanol–water partition coefficient (Wildman–Crippen LogP) is 0.520. The van der Waals surface area contributed by atoms with Gasteiger partial charge in [-0.05, 0) is 38.3 Å². The van der Waals surface area contributed by atoms with E-state index in [9.17, 15) is 4.79 Å². The molecule has 0 aromatic heterocycles. The highest BCUT2D eigenvalue weighted by molar-refractivity contribution is 5.73. The predicted molar refractivity (Wildman–Crippen MR) is 55.1 cm³/mol. The molecule has 1 heterocycles. The fourth-order valence-corrected chi connectivity index (χ4v) is 2.11. The van der Waals surface area contributed by atoms with Gasteiger partial charge in [-0.3, -0.25) is 4.79 Å². The van der Waals surface area contributed by atoms with E-state index in [0.29, 0.717) is 0 Å². The summed E-state index contributed by atoms with van der Waals surface area (Å²) in [5.41, 5.74) is 5.62. The number of carboxylic acids is 1. The quantitative estimate of drug-likeness (QED) is 0.694. The summed E-state index contributed by atoms with van der Waals surface area (Å²) in [4.78, 5) is 13.0. The van der Waals surface area contributed by atoms with E-state index in [1.807, 2.05) is 0 Å². The molecule has 1 aliphatic heterocycles. The summed E-state index contributed by atoms with van der Waals surface area (Å²) in [6.45, 7) is 5.14. The van der Waals surface area contributed by atoms with E-state index in [2.05, 4.69) is 11.8 Å². The number of carboxylic acid groups (broad SMARTS) is 1. The average Bonchev–Trinajstić information content (AvgIpc) is 2.17. The first-order chi connectivity index (χ1) is 6.65. The van der Waals surface area contributed by atoms with Gasteiger partial charge in [-0.25, -0.2) is 0 Å². The molecular formula is C10H20N2O2. The highest BCUT2D eigenvalue weighted by Crippen LogP contribution is 2.19. The van der Waals surface area contributed by atoms with Gasteiger partial charge in [0.15, 0.2) is 0 Å². The first-order valence-corrected chi connectivity index (χ1v) is 5.36. The fraction of sp³-hybridized carbons (Fsp3) is 0.900. The minimum Gasteiger partial charge on any atom is -0.480 e. The number of likely N-dealkylation sites (tertiary alicyclic amines) is 1. The number of rotatable bonds is 4. The normalized spacial score (nSPS) is 26.0. The molecule has 0 bridgehead atoms. The van der Waals surface area contributed by atoms with Crippen LogP contribution in [0.15, 0.2) is 0 Å². The van der Waals surface area contributed by atoms with Crippen molar-refractivity contribution < 1.29 is 9.90 Å². The van der Waals surface area contributed by atoms with E-state index in [-0.39, 0.29) is 5.92 Å². The van der Waals surface area contributed by atoms with Crippen LogP contribution in [-0.2, 0) is 4.79 Å². The Balaban J connectivity index is 2.43. The molecule has 1 aliphatic rings. The summed E-state index contributed by atoms with van der Waals surface area (Å²) in [6, 6.07) is -0.686. The Morgan fingerprint density at radius 1 is 1.71 bits per heavy atom. The maximum absolute atomic E-state index is 10.7. The van der Waals surface area contributed by atoms with Gasteiger partial charge in [-0.15, -0.1) is 0 Å². The van der Waals surface area contributed by atoms with E-state index in [0.717, 1.165) is 38.9 Å². The van der Waals surface area contributed by atoms with Crippen molar-refractivity contribution in [2.45, 2.75) is 32.2 Å². The second-order valence-electron chi connectivity index (χ2n) is 4.07. The molecule has 0 aromatic rings. The molecular weight excluding hydrogens is 180 g/mol. The number of nitrogens with zero attached hydrogens (tertiary/aromatic N) is 1. The summed E-state index contributed by atoms with van der Waals surface area (Å²) in [5, 5.41) is 8.81. The van der Waals surface area contributed by atoms with Gasteiger partial charge in [0.2, 0.25) is 0 Å². The first-order valence-electron chi connectivity index (χ1n) is 5.36. The number of piperidine rings is 1. The molecule has 82 valence electrons. The van der Waals surface area contributed by atoms with Crippen molar-refractivity contribution in [1.29, 1.82) is 0 Å². The van der Waals surface area contributed by atoms with E-state index in [1.165, 1.54) is 0 Å². The number of hydrogen-bond acceptors (Lipinski definition) is 3. The molecule has 4 nitrogen and oxygen atoms in total. The average molecular weight is 200 g/mol. The van der Waals surface area contributed by atoms with Crippen LogP contribution in [0.1, 0.15) is 26.2 Å². The lowest BCUT2D eigenvalue weighted by atomic mass is 9.91. The minimum absolute atomic E-state index is 0.132. The molecule has 0 radical (unpaired) electrons. The Kier molecular flexibility index (Phi) is 4.35. The summed E-state index contributed by atoms with van der Waals surface area (Å²) in [7, 11) is 0. The molecule has 1 fully saturated rings. The highest BCUT2D eigenvalue weighted by atomic mass is 16.4. The Morgan fingerprint density at radius 2 is 2.43 bits per heavy atom. The van der Waals surface area contributed by atoms with Crippen LogP contribution < -0.4 is 5.73 Å². The van der Waals surface area contributed by atoms with Gasteiger partial charge >= 0.3 is 5.97 Å². The lowest BCUT2D eigenvalue weighted by Crippen LogP contribution is -2.47. The molecule has 0 saturated carbocycles. The number of hydrogen-bond donors (Lipinski definition) is 2. The largest absolute Gasteiger partial charge is 0.480 e. The third-order valence-corrected chi connectivity index (χ3v) is 2.87. The van der Waals surface area contributed by atoms with Gasteiger partial charge in [-0.1, -0.05) is 6.92 Å². The van der Waals surface area contributed by atoms with Crippen molar-refractivity contribution in [1.82, 2.24) is 4.90 Å². The second-order valence-corrected chi connectivity index (χ2v) is 4.07. The molecule has 14 heavy (non-hydrogen) atoms. The highest BCUT2D eigenvalue weighted by Gasteiger charge is 2.28. The molecule has 2 atom stereocenters. The number of aliphatic carboxylic acids is 1. The van der Waals surface area contributed by atoms with Gasteiger partial charge in [-0.2, -0.15) is 0 Å². The van der Waals surface area contributed by atoms with E-state index in [4.69, 9.17) is 10.8 Å². The summed E-state index contributed by atoms with van der Waals surface area (Å²) >= 11 is 0. The summed E-state index contributed by atoms with van der Waals surface area (Å²) in [6.07, 6.45) is 3.15. The van der Waals surface area contributed by atoms with E-state index in [1.54, 1.807) is 0 Å². The smallest absolute Gasteiger partial charge is 0.320 e. The second kappa shape index (κ2) is 5.32. The molecule has 0 amide bonds. The molecule has 3 N–H and O–H groups in total. The minimum atomic E-state index is -0.867. The van der Waals surface area contributed by atoms with Crippen LogP contribution in [0, 0.1) is 5.92 Å². The zero-order chi connectivity index (χ0) is 10.6. The first kappa shape index (κ1) is 11.5. The zero-order valence-corrected chi connectivity index (χ0v) is 8.78. The monoisotopic (exact) mass is 200 g/mol. The molecule has 1 rings (SSSR count). The van der Waals surface area contributed by atoms with Crippen molar-refractivity contribution in [3.8, 4) is 0 Å². The Hall–Kier alpha value is -0.610. The Labute approximate surface area is 85.1 Å². The third-order valence-electron chi connectivity index (χ3n) is 2.87. The van der Waals surface area contributed by atoms with Gasteiger partial charge in [0.1, 0.15) is 6.04 Å².